The Hall–Kier alpha value is -2.09. The lowest BCUT2D eigenvalue weighted by Gasteiger charge is -2.37. The van der Waals surface area contributed by atoms with Crippen LogP contribution in [0.4, 0.5) is 11.5 Å². The van der Waals surface area contributed by atoms with Gasteiger partial charge in [-0.25, -0.2) is 14.6 Å². The fourth-order valence-electron chi connectivity index (χ4n) is 2.80. The lowest BCUT2D eigenvalue weighted by Crippen LogP contribution is -2.47. The molecule has 8 heteroatoms. The Bertz CT molecular complexity index is 798. The zero-order chi connectivity index (χ0) is 17.3. The Morgan fingerprint density at radius 2 is 1.75 bits per heavy atom. The molecule has 0 aliphatic carbocycles. The second-order valence-electron chi connectivity index (χ2n) is 5.89. The van der Waals surface area contributed by atoms with E-state index in [9.17, 15) is 4.79 Å². The molecule has 2 aromatic rings. The predicted molar refractivity (Wildman–Crippen MR) is 97.2 cm³/mol. The van der Waals surface area contributed by atoms with Crippen LogP contribution in [-0.2, 0) is 7.05 Å². The monoisotopic (exact) mass is 346 g/mol. The average molecular weight is 346 g/mol. The summed E-state index contributed by atoms with van der Waals surface area (Å²) in [4.78, 5) is 25.5. The number of hydrogen-bond acceptors (Lipinski definition) is 7. The molecular formula is C16H22N6OS. The summed E-state index contributed by atoms with van der Waals surface area (Å²) in [6, 6.07) is 1.65. The number of rotatable bonds is 3. The third-order valence-corrected chi connectivity index (χ3v) is 4.97. The summed E-state index contributed by atoms with van der Waals surface area (Å²) in [5, 5.41) is 4.92. The van der Waals surface area contributed by atoms with Crippen molar-refractivity contribution < 1.29 is 0 Å². The van der Waals surface area contributed by atoms with Crippen molar-refractivity contribution in [2.24, 2.45) is 7.05 Å². The van der Waals surface area contributed by atoms with Crippen molar-refractivity contribution in [1.82, 2.24) is 19.7 Å². The molecule has 2 aromatic heterocycles. The first-order valence-corrected chi connectivity index (χ1v) is 9.14. The van der Waals surface area contributed by atoms with E-state index in [-0.39, 0.29) is 5.56 Å². The minimum atomic E-state index is -0.0817. The Balaban J connectivity index is 1.76. The number of nitrogens with zero attached hydrogens (tertiary/aromatic N) is 6. The van der Waals surface area contributed by atoms with E-state index in [1.807, 2.05) is 13.2 Å². The smallest absolute Gasteiger partial charge is 0.268 e. The van der Waals surface area contributed by atoms with Crippen molar-refractivity contribution in [3.8, 4) is 0 Å². The molecule has 1 saturated heterocycles. The number of anilines is 2. The number of thioether (sulfide) groups is 1. The Kier molecular flexibility index (Phi) is 4.75. The fraction of sp³-hybridized carbons (Fsp3) is 0.500. The van der Waals surface area contributed by atoms with E-state index >= 15 is 0 Å². The number of aromatic nitrogens is 4. The van der Waals surface area contributed by atoms with Crippen LogP contribution >= 0.6 is 11.8 Å². The molecule has 24 heavy (non-hydrogen) atoms. The summed E-state index contributed by atoms with van der Waals surface area (Å²) in [6.45, 7) is 7.51. The lowest BCUT2D eigenvalue weighted by molar-refractivity contribution is 0.632. The van der Waals surface area contributed by atoms with E-state index < -0.39 is 0 Å². The Labute approximate surface area is 145 Å². The van der Waals surface area contributed by atoms with Gasteiger partial charge in [-0.05, 0) is 20.1 Å². The van der Waals surface area contributed by atoms with Gasteiger partial charge in [0.2, 0.25) is 0 Å². The Morgan fingerprint density at radius 1 is 1.08 bits per heavy atom. The summed E-state index contributed by atoms with van der Waals surface area (Å²) >= 11 is 1.57. The normalized spacial score (nSPS) is 15.0. The van der Waals surface area contributed by atoms with Crippen molar-refractivity contribution in [1.29, 1.82) is 0 Å². The van der Waals surface area contributed by atoms with Crippen LogP contribution in [0.1, 0.15) is 11.3 Å². The van der Waals surface area contributed by atoms with Gasteiger partial charge in [-0.1, -0.05) is 11.8 Å². The third kappa shape index (κ3) is 3.24. The van der Waals surface area contributed by atoms with Gasteiger partial charge in [-0.15, -0.1) is 0 Å². The first-order chi connectivity index (χ1) is 11.5. The van der Waals surface area contributed by atoms with Crippen LogP contribution in [-0.4, -0.2) is 52.2 Å². The minimum Gasteiger partial charge on any atom is -0.367 e. The maximum Gasteiger partial charge on any atom is 0.268 e. The number of hydrogen-bond donors (Lipinski definition) is 0. The van der Waals surface area contributed by atoms with Gasteiger partial charge in [0.25, 0.3) is 5.56 Å². The van der Waals surface area contributed by atoms with Crippen LogP contribution in [0.3, 0.4) is 0 Å². The maximum atomic E-state index is 11.8. The van der Waals surface area contributed by atoms with Gasteiger partial charge in [0.05, 0.1) is 11.9 Å². The molecule has 0 bridgehead atoms. The highest BCUT2D eigenvalue weighted by Crippen LogP contribution is 2.24. The highest BCUT2D eigenvalue weighted by molar-refractivity contribution is 7.98. The first-order valence-electron chi connectivity index (χ1n) is 7.92. The lowest BCUT2D eigenvalue weighted by atomic mass is 10.2. The summed E-state index contributed by atoms with van der Waals surface area (Å²) in [6.07, 6.45) is 3.75. The van der Waals surface area contributed by atoms with E-state index in [1.54, 1.807) is 31.1 Å². The summed E-state index contributed by atoms with van der Waals surface area (Å²) in [5.74, 6) is 1.02. The molecule has 7 nitrogen and oxygen atoms in total. The third-order valence-electron chi connectivity index (χ3n) is 4.42. The van der Waals surface area contributed by atoms with Crippen molar-refractivity contribution in [2.75, 3.05) is 42.2 Å². The van der Waals surface area contributed by atoms with Crippen LogP contribution in [0, 0.1) is 13.8 Å². The van der Waals surface area contributed by atoms with Gasteiger partial charge in [-0.2, -0.15) is 5.10 Å². The molecule has 0 unspecified atom stereocenters. The quantitative estimate of drug-likeness (QED) is 0.612. The van der Waals surface area contributed by atoms with Crippen LogP contribution < -0.4 is 15.4 Å². The molecule has 0 amide bonds. The maximum absolute atomic E-state index is 11.8. The summed E-state index contributed by atoms with van der Waals surface area (Å²) < 4.78 is 1.34. The molecule has 1 aliphatic rings. The Morgan fingerprint density at radius 3 is 2.38 bits per heavy atom. The molecule has 3 heterocycles. The average Bonchev–Trinajstić information content (AvgIpc) is 2.60. The van der Waals surface area contributed by atoms with Gasteiger partial charge >= 0.3 is 0 Å². The van der Waals surface area contributed by atoms with Crippen molar-refractivity contribution >= 4 is 23.3 Å². The van der Waals surface area contributed by atoms with Gasteiger partial charge < -0.3 is 9.80 Å². The molecule has 0 aromatic carbocycles. The van der Waals surface area contributed by atoms with E-state index in [0.717, 1.165) is 54.1 Å². The zero-order valence-electron chi connectivity index (χ0n) is 14.5. The van der Waals surface area contributed by atoms with Gasteiger partial charge in [-0.3, -0.25) is 4.79 Å². The van der Waals surface area contributed by atoms with E-state index in [0.29, 0.717) is 0 Å². The number of piperazine rings is 1. The first kappa shape index (κ1) is 16.8. The molecule has 1 fully saturated rings. The largest absolute Gasteiger partial charge is 0.367 e. The van der Waals surface area contributed by atoms with Gasteiger partial charge in [0.15, 0.2) is 5.16 Å². The van der Waals surface area contributed by atoms with Crippen LogP contribution in [0.5, 0.6) is 0 Å². The van der Waals surface area contributed by atoms with Crippen LogP contribution in [0.2, 0.25) is 0 Å². The zero-order valence-corrected chi connectivity index (χ0v) is 15.3. The van der Waals surface area contributed by atoms with E-state index in [1.165, 1.54) is 4.68 Å². The van der Waals surface area contributed by atoms with E-state index in [4.69, 9.17) is 4.98 Å². The van der Waals surface area contributed by atoms with E-state index in [2.05, 4.69) is 26.8 Å². The molecule has 0 N–H and O–H groups in total. The molecule has 0 atom stereocenters. The minimum absolute atomic E-state index is 0.0817. The standard InChI is InChI=1S/C16H22N6OS/c1-11-12(2)18-16(24-4)19-15(11)22-7-5-21(6-8-22)13-9-14(23)20(3)17-10-13/h9-10H,5-8H2,1-4H3. The molecule has 3 rings (SSSR count). The van der Waals surface area contributed by atoms with Crippen LogP contribution in [0.15, 0.2) is 22.2 Å². The SMILES string of the molecule is CSc1nc(C)c(C)c(N2CCN(c3cnn(C)c(=O)c3)CC2)n1. The van der Waals surface area contributed by atoms with Crippen molar-refractivity contribution in [3.63, 3.8) is 0 Å². The fourth-order valence-corrected chi connectivity index (χ4v) is 3.20. The highest BCUT2D eigenvalue weighted by atomic mass is 32.2. The van der Waals surface area contributed by atoms with Gasteiger partial charge in [0.1, 0.15) is 5.82 Å². The molecular weight excluding hydrogens is 324 g/mol. The summed E-state index contributed by atoms with van der Waals surface area (Å²) in [7, 11) is 1.66. The molecule has 0 spiro atoms. The molecule has 1 aliphatic heterocycles. The topological polar surface area (TPSA) is 67.2 Å². The second-order valence-corrected chi connectivity index (χ2v) is 6.67. The second kappa shape index (κ2) is 6.80. The van der Waals surface area contributed by atoms with Crippen molar-refractivity contribution in [2.45, 2.75) is 19.0 Å². The molecule has 0 saturated carbocycles. The van der Waals surface area contributed by atoms with Crippen LogP contribution in [0.25, 0.3) is 0 Å². The summed E-state index contributed by atoms with van der Waals surface area (Å²) in [5.41, 5.74) is 2.97. The van der Waals surface area contributed by atoms with Gasteiger partial charge in [0, 0.05) is 50.6 Å². The predicted octanol–water partition coefficient (Wildman–Crippen LogP) is 1.24. The van der Waals surface area contributed by atoms with Crippen molar-refractivity contribution in [3.05, 3.63) is 33.9 Å². The molecule has 128 valence electrons. The molecule has 0 radical (unpaired) electrons. The number of aryl methyl sites for hydroxylation is 2. The highest BCUT2D eigenvalue weighted by Gasteiger charge is 2.21.